The van der Waals surface area contributed by atoms with Crippen LogP contribution in [0.2, 0.25) is 0 Å². The number of aliphatic carboxylic acids is 1. The van der Waals surface area contributed by atoms with Gasteiger partial charge in [0.1, 0.15) is 6.04 Å². The smallest absolute Gasteiger partial charge is 0.321 e. The molecule has 5 heteroatoms. The number of carbonyl (C=O) groups is 1. The molecule has 0 bridgehead atoms. The van der Waals surface area contributed by atoms with Gasteiger partial charge in [-0.1, -0.05) is 6.92 Å². The molecule has 0 spiro atoms. The third-order valence-electron chi connectivity index (χ3n) is 1.00. The summed E-state index contributed by atoms with van der Waals surface area (Å²) in [6, 6.07) is -0.985. The van der Waals surface area contributed by atoms with Gasteiger partial charge in [0.2, 0.25) is 0 Å². The van der Waals surface area contributed by atoms with E-state index in [1.165, 1.54) is 0 Å². The van der Waals surface area contributed by atoms with Crippen LogP contribution in [0.1, 0.15) is 6.92 Å². The van der Waals surface area contributed by atoms with Crippen molar-refractivity contribution in [3.63, 3.8) is 0 Å². The fourth-order valence-corrected chi connectivity index (χ4v) is 1.17. The molecule has 2 atom stereocenters. The van der Waals surface area contributed by atoms with E-state index in [9.17, 15) is 9.00 Å². The van der Waals surface area contributed by atoms with Crippen LogP contribution < -0.4 is 5.73 Å². The molecule has 60 valence electrons. The minimum absolute atomic E-state index is 0.0475. The molecule has 10 heavy (non-hydrogen) atoms. The van der Waals surface area contributed by atoms with E-state index in [-0.39, 0.29) is 5.75 Å². The molecule has 0 saturated heterocycles. The fourth-order valence-electron chi connectivity index (χ4n) is 0.389. The average Bonchev–Trinajstić information content (AvgIpc) is 1.87. The standard InChI is InChI=1S/C5H11NO3S/c1-2-10(9)3-4(6)5(7)8/h4H,2-3,6H2,1H3,(H,7,8)/t4-,10-/m0/s1. The van der Waals surface area contributed by atoms with Crippen LogP contribution in [0.4, 0.5) is 0 Å². The van der Waals surface area contributed by atoms with Crippen LogP contribution in [0.25, 0.3) is 0 Å². The van der Waals surface area contributed by atoms with Crippen molar-refractivity contribution in [3.8, 4) is 0 Å². The number of carboxylic acid groups (broad SMARTS) is 1. The molecule has 0 heterocycles. The van der Waals surface area contributed by atoms with Gasteiger partial charge in [-0.2, -0.15) is 0 Å². The summed E-state index contributed by atoms with van der Waals surface area (Å²) < 4.78 is 10.7. The van der Waals surface area contributed by atoms with Crippen molar-refractivity contribution in [1.82, 2.24) is 0 Å². The molecule has 0 aromatic carbocycles. The van der Waals surface area contributed by atoms with Gasteiger partial charge in [-0.05, 0) is 0 Å². The molecule has 0 saturated carbocycles. The average molecular weight is 165 g/mol. The molecule has 3 N–H and O–H groups in total. The lowest BCUT2D eigenvalue weighted by molar-refractivity contribution is -0.137. The van der Waals surface area contributed by atoms with Crippen LogP contribution >= 0.6 is 0 Å². The maximum absolute atomic E-state index is 10.7. The van der Waals surface area contributed by atoms with Crippen LogP contribution in [-0.2, 0) is 15.6 Å². The van der Waals surface area contributed by atoms with Crippen molar-refractivity contribution in [1.29, 1.82) is 0 Å². The highest BCUT2D eigenvalue weighted by Crippen LogP contribution is 1.86. The predicted molar refractivity (Wildman–Crippen MR) is 39.2 cm³/mol. The first-order chi connectivity index (χ1) is 4.57. The summed E-state index contributed by atoms with van der Waals surface area (Å²) in [4.78, 5) is 10.1. The molecule has 0 aliphatic rings. The van der Waals surface area contributed by atoms with E-state index in [4.69, 9.17) is 10.8 Å². The maximum atomic E-state index is 10.7. The molecule has 0 aliphatic carbocycles. The Morgan fingerprint density at radius 1 is 1.80 bits per heavy atom. The monoisotopic (exact) mass is 165 g/mol. The molecule has 4 nitrogen and oxygen atoms in total. The third kappa shape index (κ3) is 3.58. The van der Waals surface area contributed by atoms with Gasteiger partial charge in [-0.3, -0.25) is 9.00 Å². The highest BCUT2D eigenvalue weighted by atomic mass is 32.2. The zero-order valence-electron chi connectivity index (χ0n) is 5.74. The lowest BCUT2D eigenvalue weighted by Crippen LogP contribution is -2.35. The molecule has 0 aromatic heterocycles. The molecular formula is C5H11NO3S. The first-order valence-electron chi connectivity index (χ1n) is 2.91. The van der Waals surface area contributed by atoms with E-state index in [0.29, 0.717) is 5.75 Å². The zero-order chi connectivity index (χ0) is 8.15. The number of rotatable bonds is 4. The number of hydrogen-bond acceptors (Lipinski definition) is 3. The van der Waals surface area contributed by atoms with Crippen molar-refractivity contribution in [3.05, 3.63) is 0 Å². The van der Waals surface area contributed by atoms with E-state index in [1.807, 2.05) is 0 Å². The summed E-state index contributed by atoms with van der Waals surface area (Å²) in [6.45, 7) is 1.73. The Morgan fingerprint density at radius 3 is 2.60 bits per heavy atom. The largest absolute Gasteiger partial charge is 0.480 e. The highest BCUT2D eigenvalue weighted by Gasteiger charge is 2.13. The van der Waals surface area contributed by atoms with Crippen LogP contribution in [0.5, 0.6) is 0 Å². The summed E-state index contributed by atoms with van der Waals surface area (Å²) in [5.74, 6) is -0.589. The topological polar surface area (TPSA) is 80.4 Å². The van der Waals surface area contributed by atoms with Crippen molar-refractivity contribution >= 4 is 16.8 Å². The second kappa shape index (κ2) is 4.40. The molecule has 0 aliphatic heterocycles. The van der Waals surface area contributed by atoms with Crippen molar-refractivity contribution in [2.24, 2.45) is 5.73 Å². The molecule has 0 fully saturated rings. The minimum Gasteiger partial charge on any atom is -0.480 e. The van der Waals surface area contributed by atoms with Gasteiger partial charge >= 0.3 is 5.97 Å². The van der Waals surface area contributed by atoms with Gasteiger partial charge in [0, 0.05) is 22.3 Å². The Kier molecular flexibility index (Phi) is 4.22. The number of nitrogens with two attached hydrogens (primary N) is 1. The summed E-state index contributed by atoms with van der Waals surface area (Å²) in [6.07, 6.45) is 0. The summed E-state index contributed by atoms with van der Waals surface area (Å²) in [5, 5.41) is 8.27. The quantitative estimate of drug-likeness (QED) is 0.569. The normalized spacial score (nSPS) is 16.2. The van der Waals surface area contributed by atoms with Crippen molar-refractivity contribution < 1.29 is 14.1 Å². The van der Waals surface area contributed by atoms with Crippen LogP contribution in [0.15, 0.2) is 0 Å². The van der Waals surface area contributed by atoms with Crippen LogP contribution in [0.3, 0.4) is 0 Å². The second-order valence-electron chi connectivity index (χ2n) is 1.84. The Morgan fingerprint density at radius 2 is 2.30 bits per heavy atom. The summed E-state index contributed by atoms with van der Waals surface area (Å²) >= 11 is 0. The molecule has 0 amide bonds. The number of hydrogen-bond donors (Lipinski definition) is 2. The van der Waals surface area contributed by atoms with Crippen LogP contribution in [0, 0.1) is 0 Å². The van der Waals surface area contributed by atoms with Gasteiger partial charge in [0.05, 0.1) is 0 Å². The zero-order valence-corrected chi connectivity index (χ0v) is 6.56. The second-order valence-corrected chi connectivity index (χ2v) is 3.63. The van der Waals surface area contributed by atoms with Gasteiger partial charge in [-0.15, -0.1) is 0 Å². The SMILES string of the molecule is CC[S@](=O)C[C@H](N)C(=O)O. The Hall–Kier alpha value is -0.420. The van der Waals surface area contributed by atoms with E-state index >= 15 is 0 Å². The molecule has 0 radical (unpaired) electrons. The molecule has 0 rings (SSSR count). The summed E-state index contributed by atoms with van der Waals surface area (Å²) in [7, 11) is -1.08. The Labute approximate surface area is 61.9 Å². The third-order valence-corrected chi connectivity index (χ3v) is 2.38. The Bertz CT molecular complexity index is 148. The highest BCUT2D eigenvalue weighted by molar-refractivity contribution is 7.85. The van der Waals surface area contributed by atoms with Gasteiger partial charge in [0.25, 0.3) is 0 Å². The molecule has 0 aromatic rings. The molecular weight excluding hydrogens is 154 g/mol. The minimum atomic E-state index is -1.10. The predicted octanol–water partition coefficient (Wildman–Crippen LogP) is -0.833. The van der Waals surface area contributed by atoms with Crippen molar-refractivity contribution in [2.75, 3.05) is 11.5 Å². The fraction of sp³-hybridized carbons (Fsp3) is 0.800. The lowest BCUT2D eigenvalue weighted by atomic mass is 10.4. The van der Waals surface area contributed by atoms with Crippen molar-refractivity contribution in [2.45, 2.75) is 13.0 Å². The number of carboxylic acids is 1. The van der Waals surface area contributed by atoms with Gasteiger partial charge in [0.15, 0.2) is 0 Å². The lowest BCUT2D eigenvalue weighted by Gasteiger charge is -2.02. The van der Waals surface area contributed by atoms with E-state index < -0.39 is 22.8 Å². The maximum Gasteiger partial charge on any atom is 0.321 e. The summed E-state index contributed by atoms with van der Waals surface area (Å²) in [5.41, 5.74) is 5.10. The van der Waals surface area contributed by atoms with Gasteiger partial charge < -0.3 is 10.8 Å². The van der Waals surface area contributed by atoms with E-state index in [0.717, 1.165) is 0 Å². The first-order valence-corrected chi connectivity index (χ1v) is 4.40. The van der Waals surface area contributed by atoms with E-state index in [1.54, 1.807) is 6.92 Å². The first kappa shape index (κ1) is 9.58. The van der Waals surface area contributed by atoms with E-state index in [2.05, 4.69) is 0 Å². The van der Waals surface area contributed by atoms with Crippen LogP contribution in [-0.4, -0.2) is 32.8 Å². The van der Waals surface area contributed by atoms with Gasteiger partial charge in [-0.25, -0.2) is 0 Å². The Balaban J connectivity index is 3.68. The molecule has 0 unspecified atom stereocenters.